The van der Waals surface area contributed by atoms with Gasteiger partial charge in [-0.25, -0.2) is 4.79 Å². The van der Waals surface area contributed by atoms with Gasteiger partial charge >= 0.3 is 5.97 Å². The minimum absolute atomic E-state index is 0.0707. The van der Waals surface area contributed by atoms with E-state index in [4.69, 9.17) is 24.7 Å². The van der Waals surface area contributed by atoms with Crippen LogP contribution in [0.4, 0.5) is 0 Å². The molecule has 0 radical (unpaired) electrons. The number of carbonyl (C=O) groups is 1. The molecule has 0 bridgehead atoms. The molecule has 8 heteroatoms. The highest BCUT2D eigenvalue weighted by atomic mass is 16.5. The minimum Gasteiger partial charge on any atom is -0.493 e. The molecule has 0 fully saturated rings. The summed E-state index contributed by atoms with van der Waals surface area (Å²) in [6, 6.07) is 6.88. The van der Waals surface area contributed by atoms with Gasteiger partial charge in [0.2, 0.25) is 5.88 Å². The van der Waals surface area contributed by atoms with Gasteiger partial charge < -0.3 is 29.7 Å². The van der Waals surface area contributed by atoms with Crippen LogP contribution >= 0.6 is 0 Å². The molecule has 1 aliphatic heterocycles. The number of hydrogen-bond acceptors (Lipinski definition) is 7. The Morgan fingerprint density at radius 1 is 1.21 bits per heavy atom. The van der Waals surface area contributed by atoms with Crippen molar-refractivity contribution in [2.75, 3.05) is 20.3 Å². The second-order valence-corrected chi connectivity index (χ2v) is 6.44. The summed E-state index contributed by atoms with van der Waals surface area (Å²) in [6.07, 6.45) is 0. The Balaban J connectivity index is 2.26. The number of pyridine rings is 1. The third kappa shape index (κ3) is 3.78. The fourth-order valence-electron chi connectivity index (χ4n) is 3.39. The lowest BCUT2D eigenvalue weighted by Crippen LogP contribution is -2.32. The van der Waals surface area contributed by atoms with E-state index in [0.29, 0.717) is 35.1 Å². The van der Waals surface area contributed by atoms with E-state index >= 15 is 0 Å². The monoisotopic (exact) mass is 400 g/mol. The number of nitrogens with one attached hydrogen (secondary N) is 1. The molecule has 1 atom stereocenters. The number of esters is 1. The minimum atomic E-state index is -0.785. The predicted molar refractivity (Wildman–Crippen MR) is 106 cm³/mol. The molecule has 2 heterocycles. The van der Waals surface area contributed by atoms with Crippen molar-refractivity contribution in [2.45, 2.75) is 26.7 Å². The van der Waals surface area contributed by atoms with Crippen LogP contribution in [0.2, 0.25) is 0 Å². The lowest BCUT2D eigenvalue weighted by atomic mass is 9.83. The maximum atomic E-state index is 12.8. The molecule has 154 valence electrons. The number of carbonyl (C=O) groups excluding carboxylic acids is 1. The van der Waals surface area contributed by atoms with Gasteiger partial charge in [-0.1, -0.05) is 6.07 Å². The second-order valence-electron chi connectivity index (χ2n) is 6.44. The quantitative estimate of drug-likeness (QED) is 0.716. The molecular formula is C21H24N2O6. The van der Waals surface area contributed by atoms with Crippen molar-refractivity contribution in [1.82, 2.24) is 4.98 Å². The van der Waals surface area contributed by atoms with Crippen molar-refractivity contribution in [3.63, 3.8) is 0 Å². The molecule has 29 heavy (non-hydrogen) atoms. The van der Waals surface area contributed by atoms with Crippen molar-refractivity contribution in [3.05, 3.63) is 62.9 Å². The van der Waals surface area contributed by atoms with E-state index in [-0.39, 0.29) is 29.2 Å². The van der Waals surface area contributed by atoms with Crippen LogP contribution in [0.3, 0.4) is 0 Å². The third-order valence-electron chi connectivity index (χ3n) is 4.55. The average molecular weight is 400 g/mol. The Kier molecular flexibility index (Phi) is 5.81. The number of hydrogen-bond donors (Lipinski definition) is 2. The Labute approximate surface area is 168 Å². The molecule has 8 nitrogen and oxygen atoms in total. The Morgan fingerprint density at radius 3 is 2.62 bits per heavy atom. The maximum Gasteiger partial charge on any atom is 0.340 e. The summed E-state index contributed by atoms with van der Waals surface area (Å²) in [7, 11) is 1.54. The van der Waals surface area contributed by atoms with Crippen molar-refractivity contribution in [3.8, 4) is 17.2 Å². The number of fused-ring (bicyclic) bond motifs is 1. The molecule has 2 aromatic rings. The predicted octanol–water partition coefficient (Wildman–Crippen LogP) is 2.35. The zero-order valence-electron chi connectivity index (χ0n) is 16.8. The number of aromatic amines is 1. The Morgan fingerprint density at radius 2 is 1.97 bits per heavy atom. The first-order chi connectivity index (χ1) is 13.9. The summed E-state index contributed by atoms with van der Waals surface area (Å²) in [5.41, 5.74) is 7.32. The molecule has 0 spiro atoms. The van der Waals surface area contributed by atoms with Gasteiger partial charge in [0.15, 0.2) is 11.5 Å². The SMILES string of the molecule is CCOC(=O)C1=C(N)Oc2cc(C)[nH]c(=O)c2C1c1ccc(OC)c(OCC)c1. The number of aromatic nitrogens is 1. The fourth-order valence-corrected chi connectivity index (χ4v) is 3.39. The number of methoxy groups -OCH3 is 1. The van der Waals surface area contributed by atoms with Crippen LogP contribution < -0.4 is 25.5 Å². The van der Waals surface area contributed by atoms with Gasteiger partial charge in [-0.2, -0.15) is 0 Å². The number of aryl methyl sites for hydroxylation is 1. The number of rotatable bonds is 6. The molecule has 1 aromatic carbocycles. The smallest absolute Gasteiger partial charge is 0.340 e. The number of ether oxygens (including phenoxy) is 4. The fraction of sp³-hybridized carbons (Fsp3) is 0.333. The van der Waals surface area contributed by atoms with Crippen LogP contribution in [-0.2, 0) is 9.53 Å². The molecule has 3 rings (SSSR count). The van der Waals surface area contributed by atoms with Crippen LogP contribution in [0.15, 0.2) is 40.5 Å². The van der Waals surface area contributed by atoms with Gasteiger partial charge in [0.25, 0.3) is 5.56 Å². The van der Waals surface area contributed by atoms with Crippen LogP contribution in [0.5, 0.6) is 17.2 Å². The molecule has 1 unspecified atom stereocenters. The number of benzene rings is 1. The summed E-state index contributed by atoms with van der Waals surface area (Å²) in [4.78, 5) is 28.3. The largest absolute Gasteiger partial charge is 0.493 e. The van der Waals surface area contributed by atoms with Crippen LogP contribution in [0, 0.1) is 6.92 Å². The van der Waals surface area contributed by atoms with Crippen LogP contribution in [-0.4, -0.2) is 31.3 Å². The van der Waals surface area contributed by atoms with E-state index in [1.165, 1.54) is 7.11 Å². The summed E-state index contributed by atoms with van der Waals surface area (Å²) >= 11 is 0. The molecule has 0 saturated heterocycles. The van der Waals surface area contributed by atoms with Gasteiger partial charge in [-0.3, -0.25) is 4.79 Å². The van der Waals surface area contributed by atoms with E-state index in [0.717, 1.165) is 0 Å². The second kappa shape index (κ2) is 8.30. The van der Waals surface area contributed by atoms with Crippen molar-refractivity contribution < 1.29 is 23.7 Å². The van der Waals surface area contributed by atoms with E-state index in [1.807, 2.05) is 6.92 Å². The molecule has 1 aromatic heterocycles. The molecule has 0 aliphatic carbocycles. The maximum absolute atomic E-state index is 12.8. The summed E-state index contributed by atoms with van der Waals surface area (Å²) in [5, 5.41) is 0. The van der Waals surface area contributed by atoms with Gasteiger partial charge in [0, 0.05) is 11.8 Å². The standard InChI is InChI=1S/C21H24N2O6/c1-5-27-14-10-12(7-8-13(14)26-4)16-17-15(9-11(3)23-20(17)24)29-19(22)18(16)21(25)28-6-2/h7-10,16H,5-6,22H2,1-4H3,(H,23,24). The van der Waals surface area contributed by atoms with Crippen LogP contribution in [0.1, 0.15) is 36.6 Å². The van der Waals surface area contributed by atoms with Gasteiger partial charge in [0.05, 0.1) is 31.8 Å². The third-order valence-corrected chi connectivity index (χ3v) is 4.55. The molecule has 3 N–H and O–H groups in total. The van der Waals surface area contributed by atoms with Gasteiger partial charge in [-0.05, 0) is 38.5 Å². The first kappa shape index (κ1) is 20.3. The van der Waals surface area contributed by atoms with Gasteiger partial charge in [0.1, 0.15) is 11.3 Å². The number of nitrogens with two attached hydrogens (primary N) is 1. The lowest BCUT2D eigenvalue weighted by Gasteiger charge is -2.28. The highest BCUT2D eigenvalue weighted by Gasteiger charge is 2.38. The zero-order valence-corrected chi connectivity index (χ0v) is 16.8. The number of H-pyrrole nitrogens is 1. The topological polar surface area (TPSA) is 113 Å². The van der Waals surface area contributed by atoms with Crippen molar-refractivity contribution in [1.29, 1.82) is 0 Å². The van der Waals surface area contributed by atoms with Crippen molar-refractivity contribution in [2.24, 2.45) is 5.73 Å². The molecule has 0 amide bonds. The molecule has 1 aliphatic rings. The summed E-state index contributed by atoms with van der Waals surface area (Å²) in [6.45, 7) is 5.86. The van der Waals surface area contributed by atoms with Gasteiger partial charge in [-0.15, -0.1) is 0 Å². The first-order valence-corrected chi connectivity index (χ1v) is 9.30. The lowest BCUT2D eigenvalue weighted by molar-refractivity contribution is -0.139. The van der Waals surface area contributed by atoms with E-state index in [1.54, 1.807) is 38.1 Å². The zero-order chi connectivity index (χ0) is 21.1. The van der Waals surface area contributed by atoms with E-state index in [2.05, 4.69) is 4.98 Å². The highest BCUT2D eigenvalue weighted by Crippen LogP contribution is 2.43. The Hall–Kier alpha value is -3.42. The molecule has 0 saturated carbocycles. The van der Waals surface area contributed by atoms with E-state index in [9.17, 15) is 9.59 Å². The van der Waals surface area contributed by atoms with Crippen LogP contribution in [0.25, 0.3) is 0 Å². The van der Waals surface area contributed by atoms with E-state index < -0.39 is 11.9 Å². The summed E-state index contributed by atoms with van der Waals surface area (Å²) < 4.78 is 21.8. The normalized spacial score (nSPS) is 15.4. The Bertz CT molecular complexity index is 1020. The summed E-state index contributed by atoms with van der Waals surface area (Å²) in [5.74, 6) is -0.196. The van der Waals surface area contributed by atoms with Crippen molar-refractivity contribution >= 4 is 5.97 Å². The highest BCUT2D eigenvalue weighted by molar-refractivity contribution is 5.92. The molecular weight excluding hydrogens is 376 g/mol. The first-order valence-electron chi connectivity index (χ1n) is 9.30. The average Bonchev–Trinajstić information content (AvgIpc) is 2.67.